The molecule has 1 atom stereocenters. The van der Waals surface area contributed by atoms with Gasteiger partial charge in [-0.25, -0.2) is 13.1 Å². The van der Waals surface area contributed by atoms with Crippen molar-refractivity contribution in [2.75, 3.05) is 13.2 Å². The quantitative estimate of drug-likeness (QED) is 0.603. The molecule has 6 nitrogen and oxygen atoms in total. The number of ether oxygens (including phenoxy) is 1. The first-order chi connectivity index (χ1) is 13.4. The highest BCUT2D eigenvalue weighted by Crippen LogP contribution is 2.16. The molecule has 0 aliphatic rings. The van der Waals surface area contributed by atoms with Crippen LogP contribution in [0.1, 0.15) is 32.3 Å². The van der Waals surface area contributed by atoms with Crippen LogP contribution in [0.15, 0.2) is 59.5 Å². The van der Waals surface area contributed by atoms with E-state index in [0.717, 1.165) is 18.4 Å². The molecule has 152 valence electrons. The Morgan fingerprint density at radius 2 is 1.75 bits per heavy atom. The lowest BCUT2D eigenvalue weighted by Gasteiger charge is -2.13. The van der Waals surface area contributed by atoms with Crippen LogP contribution in [0.2, 0.25) is 0 Å². The van der Waals surface area contributed by atoms with Gasteiger partial charge in [-0.05, 0) is 49.6 Å². The summed E-state index contributed by atoms with van der Waals surface area (Å²) in [7, 11) is -3.59. The first-order valence-electron chi connectivity index (χ1n) is 9.46. The highest BCUT2D eigenvalue weighted by Gasteiger charge is 2.14. The van der Waals surface area contributed by atoms with Crippen LogP contribution in [-0.2, 0) is 21.2 Å². The molecule has 0 fully saturated rings. The summed E-state index contributed by atoms with van der Waals surface area (Å²) in [4.78, 5) is 12.0. The fourth-order valence-electron chi connectivity index (χ4n) is 2.74. The molecular formula is C21H28N2O4S. The summed E-state index contributed by atoms with van der Waals surface area (Å²) in [6.45, 7) is 4.23. The van der Waals surface area contributed by atoms with E-state index in [1.54, 1.807) is 12.1 Å². The maximum atomic E-state index is 12.4. The molecule has 2 aromatic carbocycles. The highest BCUT2D eigenvalue weighted by molar-refractivity contribution is 7.89. The third kappa shape index (κ3) is 7.32. The van der Waals surface area contributed by atoms with Gasteiger partial charge in [0.1, 0.15) is 5.75 Å². The van der Waals surface area contributed by atoms with Crippen LogP contribution < -0.4 is 14.8 Å². The third-order valence-corrected chi connectivity index (χ3v) is 5.66. The van der Waals surface area contributed by atoms with Gasteiger partial charge in [-0.15, -0.1) is 0 Å². The number of nitrogens with one attached hydrogen (secondary N) is 2. The number of carbonyl (C=O) groups excluding carboxylic acids is 1. The Bertz CT molecular complexity index is 836. The molecule has 2 rings (SSSR count). The molecule has 7 heteroatoms. The van der Waals surface area contributed by atoms with E-state index in [1.165, 1.54) is 12.1 Å². The van der Waals surface area contributed by atoms with Gasteiger partial charge >= 0.3 is 0 Å². The molecule has 28 heavy (non-hydrogen) atoms. The van der Waals surface area contributed by atoms with Crippen molar-refractivity contribution in [2.24, 2.45) is 0 Å². The molecule has 0 saturated heterocycles. The second-order valence-electron chi connectivity index (χ2n) is 6.65. The monoisotopic (exact) mass is 404 g/mol. The van der Waals surface area contributed by atoms with Crippen molar-refractivity contribution in [2.45, 2.75) is 44.0 Å². The molecule has 0 aromatic heterocycles. The van der Waals surface area contributed by atoms with E-state index in [2.05, 4.69) is 17.0 Å². The first kappa shape index (κ1) is 21.9. The first-order valence-corrected chi connectivity index (χ1v) is 10.9. The number of amides is 1. The SMILES string of the molecule is CCC[C@H](C)NC(=O)COc1ccc(S(=O)(=O)NCCc2ccccc2)cc1. The second-order valence-corrected chi connectivity index (χ2v) is 8.42. The Balaban J connectivity index is 1.82. The number of benzene rings is 2. The smallest absolute Gasteiger partial charge is 0.258 e. The summed E-state index contributed by atoms with van der Waals surface area (Å²) < 4.78 is 32.8. The summed E-state index contributed by atoms with van der Waals surface area (Å²) in [5, 5.41) is 2.85. The predicted octanol–water partition coefficient (Wildman–Crippen LogP) is 2.89. The Morgan fingerprint density at radius 1 is 1.07 bits per heavy atom. The largest absolute Gasteiger partial charge is 0.484 e. The zero-order valence-corrected chi connectivity index (χ0v) is 17.2. The van der Waals surface area contributed by atoms with E-state index in [0.29, 0.717) is 18.7 Å². The van der Waals surface area contributed by atoms with Crippen LogP contribution in [-0.4, -0.2) is 33.5 Å². The fourth-order valence-corrected chi connectivity index (χ4v) is 3.78. The van der Waals surface area contributed by atoms with Gasteiger partial charge in [0, 0.05) is 12.6 Å². The third-order valence-electron chi connectivity index (χ3n) is 4.18. The zero-order valence-electron chi connectivity index (χ0n) is 16.4. The van der Waals surface area contributed by atoms with E-state index in [9.17, 15) is 13.2 Å². The highest BCUT2D eigenvalue weighted by atomic mass is 32.2. The molecule has 0 radical (unpaired) electrons. The van der Waals surface area contributed by atoms with Gasteiger partial charge in [0.15, 0.2) is 6.61 Å². The lowest BCUT2D eigenvalue weighted by atomic mass is 10.2. The Kier molecular flexibility index (Phi) is 8.47. The van der Waals surface area contributed by atoms with Gasteiger partial charge in [0.2, 0.25) is 10.0 Å². The van der Waals surface area contributed by atoms with Crippen LogP contribution in [0.5, 0.6) is 5.75 Å². The second kappa shape index (κ2) is 10.8. The molecule has 0 saturated carbocycles. The lowest BCUT2D eigenvalue weighted by Crippen LogP contribution is -2.35. The average molecular weight is 405 g/mol. The topological polar surface area (TPSA) is 84.5 Å². The standard InChI is InChI=1S/C21H28N2O4S/c1-3-7-17(2)23-21(24)16-27-19-10-12-20(13-11-19)28(25,26)22-15-14-18-8-5-4-6-9-18/h4-6,8-13,17,22H,3,7,14-16H2,1-2H3,(H,23,24)/t17-/m0/s1. The van der Waals surface area contributed by atoms with Gasteiger partial charge in [-0.3, -0.25) is 4.79 Å². The molecule has 2 aromatic rings. The molecule has 0 aliphatic heterocycles. The van der Waals surface area contributed by atoms with Gasteiger partial charge in [-0.1, -0.05) is 43.7 Å². The molecular weight excluding hydrogens is 376 g/mol. The normalized spacial score (nSPS) is 12.4. The van der Waals surface area contributed by atoms with Crippen molar-refractivity contribution in [3.8, 4) is 5.75 Å². The molecule has 0 aliphatic carbocycles. The van der Waals surface area contributed by atoms with Crippen LogP contribution >= 0.6 is 0 Å². The summed E-state index contributed by atoms with van der Waals surface area (Å²) in [6.07, 6.45) is 2.53. The maximum absolute atomic E-state index is 12.4. The molecule has 0 unspecified atom stereocenters. The van der Waals surface area contributed by atoms with E-state index in [1.807, 2.05) is 37.3 Å². The van der Waals surface area contributed by atoms with Crippen LogP contribution in [0.25, 0.3) is 0 Å². The van der Waals surface area contributed by atoms with Gasteiger partial charge in [0.25, 0.3) is 5.91 Å². The van der Waals surface area contributed by atoms with Gasteiger partial charge < -0.3 is 10.1 Å². The van der Waals surface area contributed by atoms with Gasteiger partial charge in [-0.2, -0.15) is 0 Å². The van der Waals surface area contributed by atoms with Crippen molar-refractivity contribution in [1.29, 1.82) is 0 Å². The van der Waals surface area contributed by atoms with E-state index < -0.39 is 10.0 Å². The maximum Gasteiger partial charge on any atom is 0.258 e. The number of hydrogen-bond acceptors (Lipinski definition) is 4. The molecule has 1 amide bonds. The summed E-state index contributed by atoms with van der Waals surface area (Å²) in [5.74, 6) is 0.252. The molecule has 0 spiro atoms. The number of carbonyl (C=O) groups is 1. The van der Waals surface area contributed by atoms with Gasteiger partial charge in [0.05, 0.1) is 4.90 Å². The summed E-state index contributed by atoms with van der Waals surface area (Å²) in [6, 6.07) is 15.8. The van der Waals surface area contributed by atoms with E-state index in [-0.39, 0.29) is 23.5 Å². The van der Waals surface area contributed by atoms with Crippen LogP contribution in [0, 0.1) is 0 Å². The van der Waals surface area contributed by atoms with Crippen molar-refractivity contribution in [1.82, 2.24) is 10.0 Å². The Labute approximate surface area is 167 Å². The van der Waals surface area contributed by atoms with Crippen molar-refractivity contribution >= 4 is 15.9 Å². The van der Waals surface area contributed by atoms with Crippen molar-refractivity contribution < 1.29 is 17.9 Å². The van der Waals surface area contributed by atoms with Crippen LogP contribution in [0.4, 0.5) is 0 Å². The van der Waals surface area contributed by atoms with E-state index >= 15 is 0 Å². The number of rotatable bonds is 11. The van der Waals surface area contributed by atoms with E-state index in [4.69, 9.17) is 4.74 Å². The Hall–Kier alpha value is -2.38. The summed E-state index contributed by atoms with van der Waals surface area (Å²) >= 11 is 0. The minimum absolute atomic E-state index is 0.102. The van der Waals surface area contributed by atoms with Crippen molar-refractivity contribution in [3.63, 3.8) is 0 Å². The number of sulfonamides is 1. The number of hydrogen-bond donors (Lipinski definition) is 2. The lowest BCUT2D eigenvalue weighted by molar-refractivity contribution is -0.123. The molecule has 0 bridgehead atoms. The zero-order chi connectivity index (χ0) is 20.4. The minimum atomic E-state index is -3.59. The van der Waals surface area contributed by atoms with Crippen molar-refractivity contribution in [3.05, 3.63) is 60.2 Å². The minimum Gasteiger partial charge on any atom is -0.484 e. The molecule has 0 heterocycles. The Morgan fingerprint density at radius 3 is 2.39 bits per heavy atom. The molecule has 2 N–H and O–H groups in total. The average Bonchev–Trinajstić information content (AvgIpc) is 2.67. The van der Waals surface area contributed by atoms with Crippen LogP contribution in [0.3, 0.4) is 0 Å². The fraction of sp³-hybridized carbons (Fsp3) is 0.381. The summed E-state index contributed by atoms with van der Waals surface area (Å²) in [5.41, 5.74) is 1.07. The predicted molar refractivity (Wildman–Crippen MR) is 110 cm³/mol.